The van der Waals surface area contributed by atoms with Crippen molar-refractivity contribution in [3.05, 3.63) is 96.3 Å². The third-order valence-electron chi connectivity index (χ3n) is 7.19. The van der Waals surface area contributed by atoms with Crippen LogP contribution in [-0.2, 0) is 24.3 Å². The number of fused-ring (bicyclic) bond motifs is 3. The number of aromatic nitrogens is 5. The number of rotatable bonds is 7. The van der Waals surface area contributed by atoms with Crippen LogP contribution in [0.1, 0.15) is 38.8 Å². The Hall–Kier alpha value is -4.76. The first-order chi connectivity index (χ1) is 21.8. The lowest BCUT2D eigenvalue weighted by Crippen LogP contribution is -2.38. The average molecular weight is 592 g/mol. The molecule has 9 nitrogen and oxygen atoms in total. The molecule has 228 valence electrons. The number of aryl methyl sites for hydroxylation is 1. The van der Waals surface area contributed by atoms with Crippen LogP contribution < -0.4 is 15.0 Å². The van der Waals surface area contributed by atoms with E-state index in [0.717, 1.165) is 60.2 Å². The van der Waals surface area contributed by atoms with Gasteiger partial charge < -0.3 is 24.3 Å². The van der Waals surface area contributed by atoms with Crippen molar-refractivity contribution in [3.63, 3.8) is 0 Å². The summed E-state index contributed by atoms with van der Waals surface area (Å²) in [6.45, 7) is 12.4. The summed E-state index contributed by atoms with van der Waals surface area (Å²) in [4.78, 5) is 21.7. The van der Waals surface area contributed by atoms with Gasteiger partial charge in [-0.25, -0.2) is 15.0 Å². The van der Waals surface area contributed by atoms with Crippen molar-refractivity contribution in [2.45, 2.75) is 47.3 Å². The van der Waals surface area contributed by atoms with Crippen molar-refractivity contribution in [1.82, 2.24) is 24.5 Å². The Balaban J connectivity index is 0.000000924. The number of pyridine rings is 1. The largest absolute Gasteiger partial charge is 0.473 e. The van der Waals surface area contributed by atoms with E-state index in [1.165, 1.54) is 5.56 Å². The number of hydrogen-bond acceptors (Lipinski definition) is 8. The van der Waals surface area contributed by atoms with E-state index in [1.54, 1.807) is 0 Å². The maximum absolute atomic E-state index is 5.89. The molecular weight excluding hydrogens is 550 g/mol. The highest BCUT2D eigenvalue weighted by Gasteiger charge is 2.27. The molecule has 0 spiro atoms. The van der Waals surface area contributed by atoms with E-state index in [4.69, 9.17) is 19.4 Å². The molecule has 9 heteroatoms. The molecule has 2 aliphatic rings. The number of nitrogens with zero attached hydrogens (tertiary/aromatic N) is 6. The molecule has 1 saturated heterocycles. The highest BCUT2D eigenvalue weighted by molar-refractivity contribution is 5.72. The quantitative estimate of drug-likeness (QED) is 0.213. The van der Waals surface area contributed by atoms with Gasteiger partial charge in [-0.2, -0.15) is 4.98 Å². The lowest BCUT2D eigenvalue weighted by molar-refractivity contribution is 0.122. The van der Waals surface area contributed by atoms with Crippen molar-refractivity contribution in [1.29, 1.82) is 0 Å². The molecule has 0 bridgehead atoms. The zero-order chi connectivity index (χ0) is 30.7. The molecule has 0 radical (unpaired) electrons. The second-order valence-electron chi connectivity index (χ2n) is 9.83. The lowest BCUT2D eigenvalue weighted by Gasteiger charge is -2.31. The lowest BCUT2D eigenvalue weighted by atomic mass is 10.0. The molecule has 44 heavy (non-hydrogen) atoms. The van der Waals surface area contributed by atoms with Crippen molar-refractivity contribution in [2.24, 2.45) is 0 Å². The number of nitrogens with one attached hydrogen (secondary N) is 1. The van der Waals surface area contributed by atoms with Crippen molar-refractivity contribution in [2.75, 3.05) is 36.5 Å². The average Bonchev–Trinajstić information content (AvgIpc) is 3.60. The summed E-state index contributed by atoms with van der Waals surface area (Å²) in [5, 5.41) is 3.38. The van der Waals surface area contributed by atoms with Crippen LogP contribution in [0.3, 0.4) is 0 Å². The summed E-state index contributed by atoms with van der Waals surface area (Å²) in [6, 6.07) is 23.9. The molecule has 3 aromatic heterocycles. The van der Waals surface area contributed by atoms with Crippen LogP contribution in [0.25, 0.3) is 22.9 Å². The number of benzene rings is 2. The number of morpholine rings is 1. The molecular formula is C35H41N7O2. The fourth-order valence-corrected chi connectivity index (χ4v) is 5.14. The van der Waals surface area contributed by atoms with Crippen LogP contribution >= 0.6 is 0 Å². The van der Waals surface area contributed by atoms with Crippen LogP contribution in [0, 0.1) is 0 Å². The van der Waals surface area contributed by atoms with Crippen LogP contribution in [0.4, 0.5) is 17.3 Å². The molecule has 5 aromatic rings. The van der Waals surface area contributed by atoms with Gasteiger partial charge in [-0.1, -0.05) is 64.1 Å². The van der Waals surface area contributed by atoms with Crippen molar-refractivity contribution in [3.8, 4) is 28.8 Å². The normalized spacial score (nSPS) is 13.3. The molecule has 0 atom stereocenters. The Morgan fingerprint density at radius 1 is 0.818 bits per heavy atom. The highest BCUT2D eigenvalue weighted by Crippen LogP contribution is 2.35. The second-order valence-corrected chi connectivity index (χ2v) is 9.83. The summed E-state index contributed by atoms with van der Waals surface area (Å²) in [6.07, 6.45) is 4.75. The fourth-order valence-electron chi connectivity index (χ4n) is 5.14. The Bertz CT molecular complexity index is 1610. The van der Waals surface area contributed by atoms with Gasteiger partial charge in [0.15, 0.2) is 11.6 Å². The van der Waals surface area contributed by atoms with E-state index in [2.05, 4.69) is 24.8 Å². The molecule has 0 unspecified atom stereocenters. The SMILES string of the molecule is CC.CC.c1ccc(COc2cccc(Nc3ccc(-c4nc5c(c(N6CCOCC6)n4)CCn4ccnc4-5)cc3)n2)cc1. The van der Waals surface area contributed by atoms with E-state index in [9.17, 15) is 0 Å². The summed E-state index contributed by atoms with van der Waals surface area (Å²) in [7, 11) is 0. The minimum Gasteiger partial charge on any atom is -0.473 e. The predicted octanol–water partition coefficient (Wildman–Crippen LogP) is 7.17. The number of hydrogen-bond donors (Lipinski definition) is 1. The second kappa shape index (κ2) is 15.1. The van der Waals surface area contributed by atoms with Gasteiger partial charge >= 0.3 is 0 Å². The van der Waals surface area contributed by atoms with Crippen molar-refractivity contribution >= 4 is 17.3 Å². The fraction of sp³-hybridized carbons (Fsp3) is 0.314. The van der Waals surface area contributed by atoms with E-state index in [0.29, 0.717) is 37.3 Å². The smallest absolute Gasteiger partial charge is 0.215 e. The molecule has 7 rings (SSSR count). The van der Waals surface area contributed by atoms with Gasteiger partial charge in [0.05, 0.1) is 13.2 Å². The Labute approximate surface area is 260 Å². The van der Waals surface area contributed by atoms with E-state index in [1.807, 2.05) is 113 Å². The first kappa shape index (κ1) is 30.7. The number of ether oxygens (including phenoxy) is 2. The number of imidazole rings is 1. The summed E-state index contributed by atoms with van der Waals surface area (Å²) >= 11 is 0. The zero-order valence-corrected chi connectivity index (χ0v) is 26.0. The van der Waals surface area contributed by atoms with E-state index >= 15 is 0 Å². The van der Waals surface area contributed by atoms with Gasteiger partial charge in [-0.05, 0) is 42.3 Å². The summed E-state index contributed by atoms with van der Waals surface area (Å²) in [5.41, 5.74) is 5.05. The van der Waals surface area contributed by atoms with E-state index < -0.39 is 0 Å². The predicted molar refractivity (Wildman–Crippen MR) is 176 cm³/mol. The Morgan fingerprint density at radius 2 is 1.59 bits per heavy atom. The highest BCUT2D eigenvalue weighted by atomic mass is 16.5. The first-order valence-electron chi connectivity index (χ1n) is 15.6. The minimum absolute atomic E-state index is 0.472. The van der Waals surface area contributed by atoms with Gasteiger partial charge in [0.25, 0.3) is 0 Å². The Kier molecular flexibility index (Phi) is 10.5. The van der Waals surface area contributed by atoms with Crippen LogP contribution in [0.2, 0.25) is 0 Å². The summed E-state index contributed by atoms with van der Waals surface area (Å²) < 4.78 is 13.7. The monoisotopic (exact) mass is 591 g/mol. The molecule has 0 saturated carbocycles. The number of anilines is 3. The van der Waals surface area contributed by atoms with Gasteiger partial charge in [0.1, 0.15) is 23.9 Å². The molecule has 1 N–H and O–H groups in total. The van der Waals surface area contributed by atoms with Crippen LogP contribution in [0.15, 0.2) is 85.2 Å². The molecule has 2 aromatic carbocycles. The van der Waals surface area contributed by atoms with E-state index in [-0.39, 0.29) is 0 Å². The van der Waals surface area contributed by atoms with Crippen LogP contribution in [0.5, 0.6) is 5.88 Å². The van der Waals surface area contributed by atoms with Crippen molar-refractivity contribution < 1.29 is 9.47 Å². The van der Waals surface area contributed by atoms with Gasteiger partial charge in [0.2, 0.25) is 5.88 Å². The van der Waals surface area contributed by atoms with Gasteiger partial charge in [-0.3, -0.25) is 0 Å². The Morgan fingerprint density at radius 3 is 2.36 bits per heavy atom. The maximum atomic E-state index is 5.89. The topological polar surface area (TPSA) is 90.2 Å². The molecule has 0 amide bonds. The zero-order valence-electron chi connectivity index (χ0n) is 26.0. The maximum Gasteiger partial charge on any atom is 0.215 e. The standard InChI is InChI=1S/C31H29N7O2.2C2H6/c1-2-5-22(6-3-1)21-40-27-8-4-7-26(34-27)33-24-11-9-23(10-12-24)29-35-28-25(13-15-37-16-14-32-31(28)37)30(36-29)38-17-19-39-20-18-38;2*1-2/h1-12,14,16H,13,15,17-21H2,(H,33,34);2*1-2H3. The molecule has 1 fully saturated rings. The summed E-state index contributed by atoms with van der Waals surface area (Å²) in [5.74, 6) is 3.87. The van der Waals surface area contributed by atoms with Crippen LogP contribution in [-0.4, -0.2) is 50.8 Å². The molecule has 5 heterocycles. The minimum atomic E-state index is 0.472. The third kappa shape index (κ3) is 7.06. The third-order valence-corrected chi connectivity index (χ3v) is 7.19. The van der Waals surface area contributed by atoms with Gasteiger partial charge in [0, 0.05) is 54.9 Å². The first-order valence-corrected chi connectivity index (χ1v) is 15.6. The molecule has 0 aliphatic carbocycles. The molecule has 2 aliphatic heterocycles. The van der Waals surface area contributed by atoms with Gasteiger partial charge in [-0.15, -0.1) is 0 Å².